The number of hydrogen-bond acceptors (Lipinski definition) is 2. The van der Waals surface area contributed by atoms with Crippen molar-refractivity contribution in [2.75, 3.05) is 7.05 Å². The van der Waals surface area contributed by atoms with Gasteiger partial charge in [-0.1, -0.05) is 25.5 Å². The Bertz CT molecular complexity index is 443. The Morgan fingerprint density at radius 3 is 2.30 bits per heavy atom. The monoisotopic (exact) mass is 288 g/mol. The average Bonchev–Trinajstić information content (AvgIpc) is 2.37. The third-order valence-corrected chi connectivity index (χ3v) is 2.99. The molecule has 0 spiro atoms. The van der Waals surface area contributed by atoms with Gasteiger partial charge in [-0.3, -0.25) is 4.79 Å². The van der Waals surface area contributed by atoms with Crippen molar-refractivity contribution in [3.05, 3.63) is 35.4 Å². The van der Waals surface area contributed by atoms with Crippen molar-refractivity contribution in [1.29, 1.82) is 0 Å². The average molecular weight is 288 g/mol. The number of nitrogens with two attached hydrogens (primary N) is 1. The van der Waals surface area contributed by atoms with Crippen molar-refractivity contribution in [2.45, 2.75) is 38.5 Å². The van der Waals surface area contributed by atoms with Crippen LogP contribution >= 0.6 is 0 Å². The molecule has 1 atom stereocenters. The Kier molecular flexibility index (Phi) is 5.56. The highest BCUT2D eigenvalue weighted by molar-refractivity contribution is 5.81. The maximum Gasteiger partial charge on any atom is 0.416 e. The zero-order chi connectivity index (χ0) is 15.3. The molecule has 3 nitrogen and oxygen atoms in total. The Morgan fingerprint density at radius 2 is 1.85 bits per heavy atom. The fourth-order valence-corrected chi connectivity index (χ4v) is 1.87. The second-order valence-corrected chi connectivity index (χ2v) is 4.78. The lowest BCUT2D eigenvalue weighted by Gasteiger charge is -2.21. The van der Waals surface area contributed by atoms with E-state index in [1.54, 1.807) is 7.05 Å². The topological polar surface area (TPSA) is 46.3 Å². The number of amides is 1. The highest BCUT2D eigenvalue weighted by Gasteiger charge is 2.30. The van der Waals surface area contributed by atoms with Gasteiger partial charge in [-0.15, -0.1) is 0 Å². The minimum atomic E-state index is -4.34. The Morgan fingerprint density at radius 1 is 1.30 bits per heavy atom. The Labute approximate surface area is 116 Å². The van der Waals surface area contributed by atoms with Crippen molar-refractivity contribution >= 4 is 5.91 Å². The number of rotatable bonds is 5. The summed E-state index contributed by atoms with van der Waals surface area (Å²) in [6.07, 6.45) is -2.94. The molecule has 0 aliphatic heterocycles. The number of halogens is 3. The van der Waals surface area contributed by atoms with Crippen molar-refractivity contribution in [2.24, 2.45) is 5.73 Å². The molecule has 112 valence electrons. The van der Waals surface area contributed by atoms with Crippen LogP contribution < -0.4 is 5.73 Å². The summed E-state index contributed by atoms with van der Waals surface area (Å²) in [6, 6.07) is 4.22. The van der Waals surface area contributed by atoms with E-state index >= 15 is 0 Å². The van der Waals surface area contributed by atoms with E-state index < -0.39 is 17.8 Å². The third-order valence-electron chi connectivity index (χ3n) is 2.99. The Hall–Kier alpha value is -1.56. The van der Waals surface area contributed by atoms with E-state index in [1.807, 2.05) is 6.92 Å². The van der Waals surface area contributed by atoms with E-state index in [4.69, 9.17) is 5.73 Å². The maximum absolute atomic E-state index is 12.4. The second-order valence-electron chi connectivity index (χ2n) is 4.78. The minimum absolute atomic E-state index is 0.202. The molecule has 1 aromatic rings. The van der Waals surface area contributed by atoms with Crippen molar-refractivity contribution in [3.63, 3.8) is 0 Å². The quantitative estimate of drug-likeness (QED) is 0.905. The van der Waals surface area contributed by atoms with Gasteiger partial charge in [0.25, 0.3) is 0 Å². The number of likely N-dealkylation sites (N-methyl/N-ethyl adjacent to an activating group) is 1. The summed E-state index contributed by atoms with van der Waals surface area (Å²) < 4.78 is 37.3. The molecule has 0 saturated carbocycles. The van der Waals surface area contributed by atoms with Gasteiger partial charge in [0, 0.05) is 13.6 Å². The SMILES string of the molecule is CCC[C@@H](N)C(=O)N(C)Cc1ccc(C(F)(F)F)cc1. The van der Waals surface area contributed by atoms with Gasteiger partial charge in [-0.05, 0) is 24.1 Å². The number of hydrogen-bond donors (Lipinski definition) is 1. The highest BCUT2D eigenvalue weighted by atomic mass is 19.4. The van der Waals surface area contributed by atoms with Gasteiger partial charge in [-0.25, -0.2) is 0 Å². The third kappa shape index (κ3) is 4.52. The molecule has 0 heterocycles. The van der Waals surface area contributed by atoms with Crippen LogP contribution in [0.4, 0.5) is 13.2 Å². The van der Waals surface area contributed by atoms with E-state index in [0.717, 1.165) is 18.6 Å². The number of carbonyl (C=O) groups excluding carboxylic acids is 1. The van der Waals surface area contributed by atoms with E-state index in [2.05, 4.69) is 0 Å². The van der Waals surface area contributed by atoms with Gasteiger partial charge in [0.1, 0.15) is 0 Å². The molecular formula is C14H19F3N2O. The van der Waals surface area contributed by atoms with Crippen LogP contribution in [0.1, 0.15) is 30.9 Å². The molecule has 0 aliphatic carbocycles. The molecule has 0 aromatic heterocycles. The lowest BCUT2D eigenvalue weighted by molar-refractivity contribution is -0.137. The number of alkyl halides is 3. The molecule has 0 unspecified atom stereocenters. The predicted octanol–water partition coefficient (Wildman–Crippen LogP) is 2.79. The molecule has 0 fully saturated rings. The summed E-state index contributed by atoms with van der Waals surface area (Å²) in [6.45, 7) is 2.18. The molecule has 1 amide bonds. The van der Waals surface area contributed by atoms with Crippen LogP contribution in [0.15, 0.2) is 24.3 Å². The van der Waals surface area contributed by atoms with Crippen molar-refractivity contribution in [3.8, 4) is 0 Å². The van der Waals surface area contributed by atoms with E-state index in [1.165, 1.54) is 17.0 Å². The predicted molar refractivity (Wildman–Crippen MR) is 70.8 cm³/mol. The molecule has 2 N–H and O–H groups in total. The number of benzene rings is 1. The first-order valence-corrected chi connectivity index (χ1v) is 6.42. The van der Waals surface area contributed by atoms with Crippen LogP contribution in [-0.4, -0.2) is 23.9 Å². The molecule has 1 aromatic carbocycles. The summed E-state index contributed by atoms with van der Waals surface area (Å²) in [5.74, 6) is -0.202. The number of nitrogens with zero attached hydrogens (tertiary/aromatic N) is 1. The van der Waals surface area contributed by atoms with E-state index in [0.29, 0.717) is 12.0 Å². The normalized spacial score (nSPS) is 13.1. The first-order valence-electron chi connectivity index (χ1n) is 6.42. The molecule has 0 radical (unpaired) electrons. The van der Waals surface area contributed by atoms with Crippen molar-refractivity contribution in [1.82, 2.24) is 4.90 Å². The maximum atomic E-state index is 12.4. The zero-order valence-corrected chi connectivity index (χ0v) is 11.6. The fourth-order valence-electron chi connectivity index (χ4n) is 1.87. The molecular weight excluding hydrogens is 269 g/mol. The van der Waals surface area contributed by atoms with E-state index in [9.17, 15) is 18.0 Å². The summed E-state index contributed by atoms with van der Waals surface area (Å²) >= 11 is 0. The van der Waals surface area contributed by atoms with Crippen LogP contribution in [0, 0.1) is 0 Å². The largest absolute Gasteiger partial charge is 0.416 e. The van der Waals surface area contributed by atoms with Gasteiger partial charge < -0.3 is 10.6 Å². The van der Waals surface area contributed by atoms with Crippen LogP contribution in [-0.2, 0) is 17.5 Å². The summed E-state index contributed by atoms with van der Waals surface area (Å²) in [7, 11) is 1.59. The molecule has 6 heteroatoms. The fraction of sp³-hybridized carbons (Fsp3) is 0.500. The van der Waals surface area contributed by atoms with Gasteiger partial charge in [0.15, 0.2) is 0 Å². The summed E-state index contributed by atoms with van der Waals surface area (Å²) in [5, 5.41) is 0. The number of carbonyl (C=O) groups is 1. The van der Waals surface area contributed by atoms with Crippen LogP contribution in [0.3, 0.4) is 0 Å². The summed E-state index contributed by atoms with van der Waals surface area (Å²) in [5.41, 5.74) is 5.66. The molecule has 0 aliphatic rings. The minimum Gasteiger partial charge on any atom is -0.340 e. The van der Waals surface area contributed by atoms with Crippen molar-refractivity contribution < 1.29 is 18.0 Å². The second kappa shape index (κ2) is 6.74. The first kappa shape index (κ1) is 16.5. The van der Waals surface area contributed by atoms with Crippen LogP contribution in [0.5, 0.6) is 0 Å². The van der Waals surface area contributed by atoms with Gasteiger partial charge >= 0.3 is 6.18 Å². The van der Waals surface area contributed by atoms with Gasteiger partial charge in [-0.2, -0.15) is 13.2 Å². The van der Waals surface area contributed by atoms with Crippen LogP contribution in [0.25, 0.3) is 0 Å². The molecule has 0 bridgehead atoms. The lowest BCUT2D eigenvalue weighted by atomic mass is 10.1. The standard InChI is InChI=1S/C14H19F3N2O/c1-3-4-12(18)13(20)19(2)9-10-5-7-11(8-6-10)14(15,16)17/h5-8,12H,3-4,9,18H2,1-2H3/t12-/m1/s1. The Balaban J connectivity index is 2.67. The van der Waals surface area contributed by atoms with Gasteiger partial charge in [0.2, 0.25) is 5.91 Å². The summed E-state index contributed by atoms with van der Waals surface area (Å²) in [4.78, 5) is 13.3. The zero-order valence-electron chi connectivity index (χ0n) is 11.6. The smallest absolute Gasteiger partial charge is 0.340 e. The molecule has 0 saturated heterocycles. The van der Waals surface area contributed by atoms with E-state index in [-0.39, 0.29) is 12.5 Å². The molecule has 20 heavy (non-hydrogen) atoms. The highest BCUT2D eigenvalue weighted by Crippen LogP contribution is 2.29. The molecule has 1 rings (SSSR count). The van der Waals surface area contributed by atoms with Gasteiger partial charge in [0.05, 0.1) is 11.6 Å². The first-order chi connectivity index (χ1) is 9.25. The lowest BCUT2D eigenvalue weighted by Crippen LogP contribution is -2.41. The van der Waals surface area contributed by atoms with Crippen LogP contribution in [0.2, 0.25) is 0 Å².